The molecule has 0 radical (unpaired) electrons. The first-order valence-corrected chi connectivity index (χ1v) is 6.20. The Balaban J connectivity index is 2.03. The summed E-state index contributed by atoms with van der Waals surface area (Å²) in [5.74, 6) is -0.350. The average molecular weight is 249 g/mol. The van der Waals surface area contributed by atoms with Gasteiger partial charge in [-0.2, -0.15) is 0 Å². The van der Waals surface area contributed by atoms with E-state index in [-0.39, 0.29) is 12.0 Å². The maximum atomic E-state index is 11.0. The predicted molar refractivity (Wildman–Crippen MR) is 68.2 cm³/mol. The van der Waals surface area contributed by atoms with E-state index in [0.717, 1.165) is 6.42 Å². The van der Waals surface area contributed by atoms with Crippen LogP contribution in [-0.4, -0.2) is 35.9 Å². The summed E-state index contributed by atoms with van der Waals surface area (Å²) < 4.78 is 5.18. The SMILES string of the molecule is CC(=O)O[C@@H]1[C@@H](O)CN[C@@H]1Cc1ccc(C)cc1. The van der Waals surface area contributed by atoms with Gasteiger partial charge in [0.1, 0.15) is 12.2 Å². The number of aliphatic hydroxyl groups is 1. The van der Waals surface area contributed by atoms with Gasteiger partial charge in [0.2, 0.25) is 0 Å². The molecule has 1 heterocycles. The lowest BCUT2D eigenvalue weighted by molar-refractivity contribution is -0.151. The second kappa shape index (κ2) is 5.50. The van der Waals surface area contributed by atoms with Gasteiger partial charge in [-0.25, -0.2) is 0 Å². The zero-order chi connectivity index (χ0) is 13.1. The molecule has 18 heavy (non-hydrogen) atoms. The van der Waals surface area contributed by atoms with Crippen LogP contribution in [0.5, 0.6) is 0 Å². The first-order valence-electron chi connectivity index (χ1n) is 6.20. The summed E-state index contributed by atoms with van der Waals surface area (Å²) in [6, 6.07) is 8.22. The van der Waals surface area contributed by atoms with Crippen molar-refractivity contribution in [3.05, 3.63) is 35.4 Å². The van der Waals surface area contributed by atoms with Crippen LogP contribution in [0, 0.1) is 6.92 Å². The van der Waals surface area contributed by atoms with E-state index in [0.29, 0.717) is 6.54 Å². The summed E-state index contributed by atoms with van der Waals surface area (Å²) in [4.78, 5) is 11.0. The Labute approximate surface area is 107 Å². The van der Waals surface area contributed by atoms with Crippen molar-refractivity contribution in [1.29, 1.82) is 0 Å². The molecule has 0 saturated carbocycles. The lowest BCUT2D eigenvalue weighted by Gasteiger charge is -2.21. The Morgan fingerprint density at radius 2 is 2.11 bits per heavy atom. The molecule has 0 aromatic heterocycles. The van der Waals surface area contributed by atoms with E-state index in [1.54, 1.807) is 0 Å². The highest BCUT2D eigenvalue weighted by molar-refractivity contribution is 5.66. The average Bonchev–Trinajstić information content (AvgIpc) is 2.64. The molecule has 4 nitrogen and oxygen atoms in total. The smallest absolute Gasteiger partial charge is 0.303 e. The molecule has 98 valence electrons. The summed E-state index contributed by atoms with van der Waals surface area (Å²) in [6.45, 7) is 3.88. The molecular formula is C14H19NO3. The fraction of sp³-hybridized carbons (Fsp3) is 0.500. The summed E-state index contributed by atoms with van der Waals surface area (Å²) in [6.07, 6.45) is -0.330. The quantitative estimate of drug-likeness (QED) is 0.778. The maximum Gasteiger partial charge on any atom is 0.303 e. The van der Waals surface area contributed by atoms with Crippen molar-refractivity contribution in [2.45, 2.75) is 38.5 Å². The van der Waals surface area contributed by atoms with Crippen LogP contribution in [0.2, 0.25) is 0 Å². The summed E-state index contributed by atoms with van der Waals surface area (Å²) in [7, 11) is 0. The van der Waals surface area contributed by atoms with E-state index in [1.807, 2.05) is 6.92 Å². The second-order valence-corrected chi connectivity index (χ2v) is 4.85. The zero-order valence-electron chi connectivity index (χ0n) is 10.7. The zero-order valence-corrected chi connectivity index (χ0v) is 10.7. The minimum Gasteiger partial charge on any atom is -0.458 e. The molecular weight excluding hydrogens is 230 g/mol. The van der Waals surface area contributed by atoms with Crippen molar-refractivity contribution in [1.82, 2.24) is 5.32 Å². The molecule has 1 fully saturated rings. The number of rotatable bonds is 3. The van der Waals surface area contributed by atoms with Gasteiger partial charge in [-0.15, -0.1) is 0 Å². The number of esters is 1. The van der Waals surface area contributed by atoms with Crippen LogP contribution in [0.25, 0.3) is 0 Å². The monoisotopic (exact) mass is 249 g/mol. The number of carbonyl (C=O) groups is 1. The summed E-state index contributed by atoms with van der Waals surface area (Å²) in [5, 5.41) is 13.0. The number of nitrogens with one attached hydrogen (secondary N) is 1. The molecule has 1 aromatic carbocycles. The molecule has 0 unspecified atom stereocenters. The second-order valence-electron chi connectivity index (χ2n) is 4.85. The lowest BCUT2D eigenvalue weighted by atomic mass is 10.0. The summed E-state index contributed by atoms with van der Waals surface area (Å²) >= 11 is 0. The van der Waals surface area contributed by atoms with Crippen LogP contribution in [0.3, 0.4) is 0 Å². The number of benzene rings is 1. The first kappa shape index (κ1) is 13.1. The van der Waals surface area contributed by atoms with Gasteiger partial charge in [0.15, 0.2) is 0 Å². The number of β-amino-alcohol motifs (C(OH)–C–C–N with tert-alkyl or cyclic N) is 1. The summed E-state index contributed by atoms with van der Waals surface area (Å²) in [5.41, 5.74) is 2.39. The van der Waals surface area contributed by atoms with E-state index in [4.69, 9.17) is 4.74 Å². The first-order chi connectivity index (χ1) is 8.56. The van der Waals surface area contributed by atoms with Crippen molar-refractivity contribution in [3.8, 4) is 0 Å². The van der Waals surface area contributed by atoms with Gasteiger partial charge in [-0.05, 0) is 18.9 Å². The number of hydrogen-bond acceptors (Lipinski definition) is 4. The Hall–Kier alpha value is -1.39. The molecule has 1 aliphatic rings. The van der Waals surface area contributed by atoms with E-state index in [2.05, 4.69) is 29.6 Å². The van der Waals surface area contributed by atoms with Crippen LogP contribution in [0.1, 0.15) is 18.1 Å². The van der Waals surface area contributed by atoms with Crippen LogP contribution >= 0.6 is 0 Å². The largest absolute Gasteiger partial charge is 0.458 e. The third-order valence-electron chi connectivity index (χ3n) is 3.24. The number of ether oxygens (including phenoxy) is 1. The third-order valence-corrected chi connectivity index (χ3v) is 3.24. The molecule has 0 aliphatic carbocycles. The Morgan fingerprint density at radius 3 is 2.72 bits per heavy atom. The van der Waals surface area contributed by atoms with Crippen LogP contribution < -0.4 is 5.32 Å². The predicted octanol–water partition coefficient (Wildman–Crippen LogP) is 0.802. The molecule has 0 bridgehead atoms. The van der Waals surface area contributed by atoms with Crippen LogP contribution in [0.15, 0.2) is 24.3 Å². The van der Waals surface area contributed by atoms with Crippen molar-refractivity contribution in [3.63, 3.8) is 0 Å². The molecule has 2 rings (SSSR count). The molecule has 1 saturated heterocycles. The molecule has 4 heteroatoms. The van der Waals surface area contributed by atoms with Gasteiger partial charge >= 0.3 is 5.97 Å². The maximum absolute atomic E-state index is 11.0. The van der Waals surface area contributed by atoms with E-state index in [9.17, 15) is 9.90 Å². The van der Waals surface area contributed by atoms with Crippen molar-refractivity contribution in [2.75, 3.05) is 6.54 Å². The van der Waals surface area contributed by atoms with Gasteiger partial charge in [-0.1, -0.05) is 29.8 Å². The van der Waals surface area contributed by atoms with Crippen molar-refractivity contribution >= 4 is 5.97 Å². The number of hydrogen-bond donors (Lipinski definition) is 2. The molecule has 0 amide bonds. The fourth-order valence-corrected chi connectivity index (χ4v) is 2.29. The number of aryl methyl sites for hydroxylation is 1. The van der Waals surface area contributed by atoms with E-state index >= 15 is 0 Å². The van der Waals surface area contributed by atoms with Gasteiger partial charge in [0.25, 0.3) is 0 Å². The van der Waals surface area contributed by atoms with E-state index < -0.39 is 12.2 Å². The number of aliphatic hydroxyl groups excluding tert-OH is 1. The van der Waals surface area contributed by atoms with E-state index in [1.165, 1.54) is 18.1 Å². The van der Waals surface area contributed by atoms with Gasteiger partial charge in [-0.3, -0.25) is 4.79 Å². The molecule has 3 atom stereocenters. The Morgan fingerprint density at radius 1 is 1.44 bits per heavy atom. The van der Waals surface area contributed by atoms with Gasteiger partial charge < -0.3 is 15.2 Å². The van der Waals surface area contributed by atoms with Gasteiger partial charge in [0.05, 0.1) is 6.04 Å². The van der Waals surface area contributed by atoms with Crippen LogP contribution in [0.4, 0.5) is 0 Å². The van der Waals surface area contributed by atoms with Crippen molar-refractivity contribution in [2.24, 2.45) is 0 Å². The minimum atomic E-state index is -0.621. The molecule has 0 spiro atoms. The molecule has 1 aromatic rings. The minimum absolute atomic E-state index is 0.0217. The Bertz CT molecular complexity index is 416. The topological polar surface area (TPSA) is 58.6 Å². The standard InChI is InChI=1S/C14H19NO3/c1-9-3-5-11(6-4-9)7-12-14(18-10(2)16)13(17)8-15-12/h3-6,12-15,17H,7-8H2,1-2H3/t12-,13+,14+/m1/s1. The third kappa shape index (κ3) is 3.09. The van der Waals surface area contributed by atoms with Gasteiger partial charge in [0, 0.05) is 13.5 Å². The highest BCUT2D eigenvalue weighted by Gasteiger charge is 2.37. The number of carbonyl (C=O) groups excluding carboxylic acids is 1. The highest BCUT2D eigenvalue weighted by Crippen LogP contribution is 2.17. The molecule has 2 N–H and O–H groups in total. The lowest BCUT2D eigenvalue weighted by Crippen LogP contribution is -2.38. The van der Waals surface area contributed by atoms with Crippen LogP contribution in [-0.2, 0) is 16.0 Å². The Kier molecular flexibility index (Phi) is 3.99. The normalized spacial score (nSPS) is 27.2. The highest BCUT2D eigenvalue weighted by atomic mass is 16.6. The molecule has 1 aliphatic heterocycles. The van der Waals surface area contributed by atoms with Crippen molar-refractivity contribution < 1.29 is 14.6 Å². The fourth-order valence-electron chi connectivity index (χ4n) is 2.29.